The van der Waals surface area contributed by atoms with Gasteiger partial charge in [0.25, 0.3) is 0 Å². The second-order valence-electron chi connectivity index (χ2n) is 5.42. The molecule has 2 rings (SSSR count). The van der Waals surface area contributed by atoms with E-state index in [0.717, 1.165) is 38.4 Å². The first kappa shape index (κ1) is 17.2. The summed E-state index contributed by atoms with van der Waals surface area (Å²) in [6, 6.07) is 0. The topological polar surface area (TPSA) is 92.9 Å². The van der Waals surface area contributed by atoms with E-state index in [1.807, 2.05) is 13.8 Å². The highest BCUT2D eigenvalue weighted by molar-refractivity contribution is 5.80. The molecule has 0 aliphatic carbocycles. The number of aromatic nitrogens is 2. The monoisotopic (exact) mass is 323 g/mol. The van der Waals surface area contributed by atoms with Gasteiger partial charge in [-0.15, -0.1) is 0 Å². The van der Waals surface area contributed by atoms with Crippen LogP contribution >= 0.6 is 0 Å². The maximum Gasteiger partial charge on any atom is 0.309 e. The van der Waals surface area contributed by atoms with Gasteiger partial charge in [-0.3, -0.25) is 4.79 Å². The number of rotatable bonds is 5. The van der Waals surface area contributed by atoms with Crippen LogP contribution in [0.1, 0.15) is 38.4 Å². The summed E-state index contributed by atoms with van der Waals surface area (Å²) in [5, 5.41) is 7.03. The second kappa shape index (κ2) is 8.50. The number of hydrogen-bond donors (Lipinski definition) is 1. The summed E-state index contributed by atoms with van der Waals surface area (Å²) in [7, 11) is 0. The number of nitrogens with one attached hydrogen (secondary N) is 1. The van der Waals surface area contributed by atoms with Crippen molar-refractivity contribution in [1.29, 1.82) is 0 Å². The van der Waals surface area contributed by atoms with Crippen LogP contribution in [0.5, 0.6) is 0 Å². The number of likely N-dealkylation sites (tertiary alicyclic amines) is 1. The molecular formula is C15H25N5O3. The fourth-order valence-corrected chi connectivity index (χ4v) is 2.56. The number of esters is 1. The molecule has 1 aromatic heterocycles. The molecule has 128 valence electrons. The van der Waals surface area contributed by atoms with Crippen molar-refractivity contribution in [3.05, 3.63) is 11.7 Å². The highest BCUT2D eigenvalue weighted by atomic mass is 16.5. The van der Waals surface area contributed by atoms with Gasteiger partial charge < -0.3 is 19.5 Å². The zero-order valence-corrected chi connectivity index (χ0v) is 14.0. The number of piperidine rings is 1. The van der Waals surface area contributed by atoms with Gasteiger partial charge in [0, 0.05) is 19.6 Å². The Hall–Kier alpha value is -2.12. The maximum absolute atomic E-state index is 11.8. The third kappa shape index (κ3) is 4.94. The summed E-state index contributed by atoms with van der Waals surface area (Å²) in [6.07, 6.45) is 1.56. The van der Waals surface area contributed by atoms with E-state index in [1.165, 1.54) is 0 Å². The Labute approximate surface area is 136 Å². The fourth-order valence-electron chi connectivity index (χ4n) is 2.56. The van der Waals surface area contributed by atoms with E-state index in [-0.39, 0.29) is 11.9 Å². The van der Waals surface area contributed by atoms with E-state index in [1.54, 1.807) is 6.92 Å². The molecule has 0 saturated carbocycles. The first-order valence-electron chi connectivity index (χ1n) is 8.13. The molecule has 1 fully saturated rings. The van der Waals surface area contributed by atoms with Crippen LogP contribution in [0.4, 0.5) is 0 Å². The van der Waals surface area contributed by atoms with Gasteiger partial charge in [0.1, 0.15) is 6.54 Å². The third-order valence-corrected chi connectivity index (χ3v) is 3.68. The number of carbonyl (C=O) groups is 1. The highest BCUT2D eigenvalue weighted by Gasteiger charge is 2.27. The normalized spacial score (nSPS) is 16.5. The summed E-state index contributed by atoms with van der Waals surface area (Å²) in [6.45, 7) is 8.76. The van der Waals surface area contributed by atoms with Gasteiger partial charge in [0.2, 0.25) is 5.89 Å². The second-order valence-corrected chi connectivity index (χ2v) is 5.42. The number of hydrogen-bond acceptors (Lipinski definition) is 6. The molecule has 23 heavy (non-hydrogen) atoms. The Morgan fingerprint density at radius 2 is 2.17 bits per heavy atom. The standard InChI is InChI=1S/C15H25N5O3/c1-4-16-15(17-10-13-18-11(3)19-23-13)20-8-6-12(7-9-20)14(21)22-5-2/h12H,4-10H2,1-3H3,(H,16,17). The summed E-state index contributed by atoms with van der Waals surface area (Å²) in [5.74, 6) is 1.82. The first-order chi connectivity index (χ1) is 11.1. The lowest BCUT2D eigenvalue weighted by atomic mass is 9.97. The molecule has 0 radical (unpaired) electrons. The SMILES string of the molecule is CCNC(=NCc1nc(C)no1)N1CCC(C(=O)OCC)CC1. The number of aliphatic imine (C=N–C) groups is 1. The fraction of sp³-hybridized carbons (Fsp3) is 0.733. The Morgan fingerprint density at radius 3 is 2.74 bits per heavy atom. The van der Waals surface area contributed by atoms with Crippen LogP contribution in [0.2, 0.25) is 0 Å². The Bertz CT molecular complexity index is 535. The molecule has 1 saturated heterocycles. The Balaban J connectivity index is 1.92. The zero-order chi connectivity index (χ0) is 16.7. The highest BCUT2D eigenvalue weighted by Crippen LogP contribution is 2.19. The van der Waals surface area contributed by atoms with E-state index in [4.69, 9.17) is 9.26 Å². The molecule has 0 aromatic carbocycles. The molecule has 8 nitrogen and oxygen atoms in total. The van der Waals surface area contributed by atoms with Crippen LogP contribution in [0.3, 0.4) is 0 Å². The molecule has 0 unspecified atom stereocenters. The maximum atomic E-state index is 11.8. The molecule has 1 aliphatic rings. The van der Waals surface area contributed by atoms with Gasteiger partial charge in [0.05, 0.1) is 12.5 Å². The predicted molar refractivity (Wildman–Crippen MR) is 84.8 cm³/mol. The van der Waals surface area contributed by atoms with Gasteiger partial charge in [-0.25, -0.2) is 4.99 Å². The van der Waals surface area contributed by atoms with Crippen LogP contribution in [-0.4, -0.2) is 53.2 Å². The lowest BCUT2D eigenvalue weighted by molar-refractivity contribution is -0.149. The van der Waals surface area contributed by atoms with Crippen LogP contribution in [0, 0.1) is 12.8 Å². The molecule has 2 heterocycles. The largest absolute Gasteiger partial charge is 0.466 e. The van der Waals surface area contributed by atoms with Crippen molar-refractivity contribution < 1.29 is 14.1 Å². The Kier molecular flexibility index (Phi) is 6.37. The zero-order valence-electron chi connectivity index (χ0n) is 14.0. The van der Waals surface area contributed by atoms with Gasteiger partial charge in [-0.05, 0) is 33.6 Å². The van der Waals surface area contributed by atoms with Gasteiger partial charge in [0.15, 0.2) is 11.8 Å². The molecule has 1 N–H and O–H groups in total. The minimum absolute atomic E-state index is 0.00679. The van der Waals surface area contributed by atoms with Gasteiger partial charge >= 0.3 is 5.97 Å². The van der Waals surface area contributed by atoms with E-state index in [0.29, 0.717) is 24.9 Å². The number of ether oxygens (including phenoxy) is 1. The van der Waals surface area contributed by atoms with E-state index in [2.05, 4.69) is 25.3 Å². The van der Waals surface area contributed by atoms with Crippen LogP contribution < -0.4 is 5.32 Å². The van der Waals surface area contributed by atoms with Crippen molar-refractivity contribution in [3.8, 4) is 0 Å². The van der Waals surface area contributed by atoms with Crippen molar-refractivity contribution in [1.82, 2.24) is 20.4 Å². The lowest BCUT2D eigenvalue weighted by Gasteiger charge is -2.33. The average Bonchev–Trinajstić information content (AvgIpc) is 2.97. The summed E-state index contributed by atoms with van der Waals surface area (Å²) in [5.41, 5.74) is 0. The molecule has 0 bridgehead atoms. The summed E-state index contributed by atoms with van der Waals surface area (Å²) in [4.78, 5) is 22.7. The summed E-state index contributed by atoms with van der Waals surface area (Å²) >= 11 is 0. The smallest absolute Gasteiger partial charge is 0.309 e. The lowest BCUT2D eigenvalue weighted by Crippen LogP contribution is -2.46. The molecule has 1 aromatic rings. The number of carbonyl (C=O) groups excluding carboxylic acids is 1. The van der Waals surface area contributed by atoms with Crippen LogP contribution in [0.15, 0.2) is 9.52 Å². The van der Waals surface area contributed by atoms with Crippen molar-refractivity contribution in [3.63, 3.8) is 0 Å². The van der Waals surface area contributed by atoms with E-state index in [9.17, 15) is 4.79 Å². The van der Waals surface area contributed by atoms with Gasteiger partial charge in [-0.2, -0.15) is 4.98 Å². The number of nitrogens with zero attached hydrogens (tertiary/aromatic N) is 4. The van der Waals surface area contributed by atoms with E-state index >= 15 is 0 Å². The molecule has 0 atom stereocenters. The molecule has 0 amide bonds. The van der Waals surface area contributed by atoms with Gasteiger partial charge in [-0.1, -0.05) is 5.16 Å². The van der Waals surface area contributed by atoms with Crippen molar-refractivity contribution >= 4 is 11.9 Å². The minimum Gasteiger partial charge on any atom is -0.466 e. The predicted octanol–water partition coefficient (Wildman–Crippen LogP) is 1.12. The third-order valence-electron chi connectivity index (χ3n) is 3.68. The average molecular weight is 323 g/mol. The summed E-state index contributed by atoms with van der Waals surface area (Å²) < 4.78 is 10.2. The van der Waals surface area contributed by atoms with E-state index < -0.39 is 0 Å². The quantitative estimate of drug-likeness (QED) is 0.493. The van der Waals surface area contributed by atoms with Crippen molar-refractivity contribution in [2.45, 2.75) is 40.2 Å². The molecule has 8 heteroatoms. The molecule has 1 aliphatic heterocycles. The first-order valence-corrected chi connectivity index (χ1v) is 8.13. The molecule has 0 spiro atoms. The number of aryl methyl sites for hydroxylation is 1. The Morgan fingerprint density at radius 1 is 1.43 bits per heavy atom. The van der Waals surface area contributed by atoms with Crippen molar-refractivity contribution in [2.24, 2.45) is 10.9 Å². The minimum atomic E-state index is -0.0876. The number of guanidine groups is 1. The van der Waals surface area contributed by atoms with Crippen molar-refractivity contribution in [2.75, 3.05) is 26.2 Å². The van der Waals surface area contributed by atoms with Crippen LogP contribution in [0.25, 0.3) is 0 Å². The molecular weight excluding hydrogens is 298 g/mol. The van der Waals surface area contributed by atoms with Crippen LogP contribution in [-0.2, 0) is 16.1 Å².